The number of hydrogen-bond donors (Lipinski definition) is 2. The van der Waals surface area contributed by atoms with Gasteiger partial charge in [-0.15, -0.1) is 12.4 Å². The average Bonchev–Trinajstić information content (AvgIpc) is 2.78. The van der Waals surface area contributed by atoms with Crippen LogP contribution < -0.4 is 5.32 Å². The molecule has 1 aromatic rings. The Morgan fingerprint density at radius 1 is 1.28 bits per heavy atom. The zero-order valence-electron chi connectivity index (χ0n) is 9.99. The third-order valence-electron chi connectivity index (χ3n) is 3.41. The summed E-state index contributed by atoms with van der Waals surface area (Å²) in [4.78, 5) is 11.3. The molecule has 0 saturated heterocycles. The van der Waals surface area contributed by atoms with E-state index >= 15 is 0 Å². The summed E-state index contributed by atoms with van der Waals surface area (Å²) in [5.41, 5.74) is 0.118. The van der Waals surface area contributed by atoms with Crippen LogP contribution in [0.25, 0.3) is 0 Å². The molecule has 0 spiro atoms. The standard InChI is InChI=1S/C13H16FNO2.ClH/c14-11-5-3-10(4-6-11)9-15-13(12(16)17)7-1-2-8-13;/h3-6,15H,1-2,7-9H2,(H,16,17);1H. The van der Waals surface area contributed by atoms with Crippen LogP contribution >= 0.6 is 12.4 Å². The monoisotopic (exact) mass is 273 g/mol. The second-order valence-corrected chi connectivity index (χ2v) is 4.57. The minimum Gasteiger partial charge on any atom is -0.480 e. The van der Waals surface area contributed by atoms with Gasteiger partial charge in [-0.25, -0.2) is 4.39 Å². The van der Waals surface area contributed by atoms with Crippen LogP contribution in [-0.2, 0) is 11.3 Å². The Kier molecular flexibility index (Phi) is 5.11. The van der Waals surface area contributed by atoms with Gasteiger partial charge in [0.15, 0.2) is 0 Å². The number of halogens is 2. The second kappa shape index (κ2) is 6.16. The van der Waals surface area contributed by atoms with Crippen molar-refractivity contribution < 1.29 is 14.3 Å². The quantitative estimate of drug-likeness (QED) is 0.887. The van der Waals surface area contributed by atoms with Crippen LogP contribution in [0.15, 0.2) is 24.3 Å². The molecule has 0 radical (unpaired) electrons. The summed E-state index contributed by atoms with van der Waals surface area (Å²) in [6, 6.07) is 6.12. The Morgan fingerprint density at radius 3 is 2.33 bits per heavy atom. The van der Waals surface area contributed by atoms with Gasteiger partial charge in [0, 0.05) is 6.54 Å². The smallest absolute Gasteiger partial charge is 0.323 e. The van der Waals surface area contributed by atoms with Gasteiger partial charge in [-0.05, 0) is 30.5 Å². The normalized spacial score (nSPS) is 17.2. The minimum absolute atomic E-state index is 0. The first kappa shape index (κ1) is 14.9. The van der Waals surface area contributed by atoms with Crippen molar-refractivity contribution in [1.29, 1.82) is 0 Å². The minimum atomic E-state index is -0.783. The lowest BCUT2D eigenvalue weighted by Crippen LogP contribution is -2.49. The lowest BCUT2D eigenvalue weighted by Gasteiger charge is -2.25. The molecule has 0 heterocycles. The number of benzene rings is 1. The molecule has 1 aromatic carbocycles. The van der Waals surface area contributed by atoms with E-state index in [-0.39, 0.29) is 18.2 Å². The summed E-state index contributed by atoms with van der Waals surface area (Å²) < 4.78 is 12.7. The molecule has 1 fully saturated rings. The number of aliphatic carboxylic acids is 1. The molecule has 5 heteroatoms. The number of rotatable bonds is 4. The predicted molar refractivity (Wildman–Crippen MR) is 69.3 cm³/mol. The fourth-order valence-electron chi connectivity index (χ4n) is 2.32. The summed E-state index contributed by atoms with van der Waals surface area (Å²) in [6.45, 7) is 0.465. The van der Waals surface area contributed by atoms with Crippen molar-refractivity contribution in [2.45, 2.75) is 37.8 Å². The Bertz CT molecular complexity index is 402. The average molecular weight is 274 g/mol. The van der Waals surface area contributed by atoms with E-state index in [1.807, 2.05) is 0 Å². The zero-order chi connectivity index (χ0) is 12.3. The van der Waals surface area contributed by atoms with Gasteiger partial charge in [-0.2, -0.15) is 0 Å². The van der Waals surface area contributed by atoms with Crippen LogP contribution in [0.3, 0.4) is 0 Å². The predicted octanol–water partition coefficient (Wildman–Crippen LogP) is 2.73. The third kappa shape index (κ3) is 3.21. The van der Waals surface area contributed by atoms with Gasteiger partial charge < -0.3 is 5.11 Å². The Hall–Kier alpha value is -1.13. The van der Waals surface area contributed by atoms with E-state index < -0.39 is 11.5 Å². The van der Waals surface area contributed by atoms with Crippen molar-refractivity contribution in [1.82, 2.24) is 5.32 Å². The van der Waals surface area contributed by atoms with E-state index in [1.165, 1.54) is 12.1 Å². The fourth-order valence-corrected chi connectivity index (χ4v) is 2.32. The molecule has 1 aliphatic rings. The van der Waals surface area contributed by atoms with Crippen molar-refractivity contribution in [3.8, 4) is 0 Å². The van der Waals surface area contributed by atoms with Crippen molar-refractivity contribution in [2.75, 3.05) is 0 Å². The SMILES string of the molecule is Cl.O=C(O)C1(NCc2ccc(F)cc2)CCCC1. The molecule has 3 nitrogen and oxygen atoms in total. The number of carbonyl (C=O) groups is 1. The van der Waals surface area contributed by atoms with Crippen LogP contribution in [0, 0.1) is 5.82 Å². The number of carboxylic acid groups (broad SMARTS) is 1. The highest BCUT2D eigenvalue weighted by Gasteiger charge is 2.40. The maximum absolute atomic E-state index is 12.7. The van der Waals surface area contributed by atoms with E-state index in [2.05, 4.69) is 5.32 Å². The first-order valence-corrected chi connectivity index (χ1v) is 5.85. The van der Waals surface area contributed by atoms with Gasteiger partial charge in [0.1, 0.15) is 11.4 Å². The molecule has 2 N–H and O–H groups in total. The highest BCUT2D eigenvalue weighted by Crippen LogP contribution is 2.30. The molecule has 1 saturated carbocycles. The number of nitrogens with one attached hydrogen (secondary N) is 1. The topological polar surface area (TPSA) is 49.3 Å². The van der Waals surface area contributed by atoms with E-state index in [1.54, 1.807) is 12.1 Å². The summed E-state index contributed by atoms with van der Waals surface area (Å²) in [6.07, 6.45) is 3.23. The first-order chi connectivity index (χ1) is 8.12. The Labute approximate surface area is 112 Å². The van der Waals surface area contributed by atoms with Gasteiger partial charge in [-0.1, -0.05) is 25.0 Å². The van der Waals surface area contributed by atoms with Crippen molar-refractivity contribution in [2.24, 2.45) is 0 Å². The summed E-state index contributed by atoms with van der Waals surface area (Å²) >= 11 is 0. The van der Waals surface area contributed by atoms with Crippen molar-refractivity contribution in [3.05, 3.63) is 35.6 Å². The molecular formula is C13H17ClFNO2. The Morgan fingerprint density at radius 2 is 1.83 bits per heavy atom. The highest BCUT2D eigenvalue weighted by molar-refractivity contribution is 5.85. The molecule has 0 aromatic heterocycles. The van der Waals surface area contributed by atoms with Gasteiger partial charge in [0.25, 0.3) is 0 Å². The third-order valence-corrected chi connectivity index (χ3v) is 3.41. The van der Waals surface area contributed by atoms with Crippen molar-refractivity contribution in [3.63, 3.8) is 0 Å². The molecule has 2 rings (SSSR count). The summed E-state index contributed by atoms with van der Waals surface area (Å²) in [5.74, 6) is -1.06. The van der Waals surface area contributed by atoms with Crippen LogP contribution in [0.2, 0.25) is 0 Å². The summed E-state index contributed by atoms with van der Waals surface area (Å²) in [7, 11) is 0. The summed E-state index contributed by atoms with van der Waals surface area (Å²) in [5, 5.41) is 12.4. The molecule has 0 atom stereocenters. The zero-order valence-corrected chi connectivity index (χ0v) is 10.8. The van der Waals surface area contributed by atoms with Crippen LogP contribution in [-0.4, -0.2) is 16.6 Å². The molecule has 1 aliphatic carbocycles. The fraction of sp³-hybridized carbons (Fsp3) is 0.462. The number of hydrogen-bond acceptors (Lipinski definition) is 2. The van der Waals surface area contributed by atoms with Gasteiger partial charge in [0.05, 0.1) is 0 Å². The van der Waals surface area contributed by atoms with E-state index in [4.69, 9.17) is 0 Å². The maximum Gasteiger partial charge on any atom is 0.323 e. The second-order valence-electron chi connectivity index (χ2n) is 4.57. The van der Waals surface area contributed by atoms with Crippen molar-refractivity contribution >= 4 is 18.4 Å². The van der Waals surface area contributed by atoms with Crippen LogP contribution in [0.5, 0.6) is 0 Å². The van der Waals surface area contributed by atoms with Gasteiger partial charge in [0.2, 0.25) is 0 Å². The first-order valence-electron chi connectivity index (χ1n) is 5.85. The van der Waals surface area contributed by atoms with Crippen LogP contribution in [0.1, 0.15) is 31.2 Å². The molecule has 0 bridgehead atoms. The molecule has 0 amide bonds. The Balaban J connectivity index is 0.00000162. The highest BCUT2D eigenvalue weighted by atomic mass is 35.5. The van der Waals surface area contributed by atoms with Gasteiger partial charge in [-0.3, -0.25) is 10.1 Å². The van der Waals surface area contributed by atoms with E-state index in [0.717, 1.165) is 18.4 Å². The lowest BCUT2D eigenvalue weighted by atomic mass is 9.97. The molecule has 18 heavy (non-hydrogen) atoms. The lowest BCUT2D eigenvalue weighted by molar-refractivity contribution is -0.144. The maximum atomic E-state index is 12.7. The molecular weight excluding hydrogens is 257 g/mol. The largest absolute Gasteiger partial charge is 0.480 e. The molecule has 0 unspecified atom stereocenters. The molecule has 100 valence electrons. The van der Waals surface area contributed by atoms with Crippen LogP contribution in [0.4, 0.5) is 4.39 Å². The van der Waals surface area contributed by atoms with Gasteiger partial charge >= 0.3 is 5.97 Å². The molecule has 0 aliphatic heterocycles. The number of carboxylic acids is 1. The van der Waals surface area contributed by atoms with E-state index in [0.29, 0.717) is 19.4 Å². The van der Waals surface area contributed by atoms with E-state index in [9.17, 15) is 14.3 Å².